The highest BCUT2D eigenvalue weighted by Crippen LogP contribution is 2.21. The molecule has 0 unspecified atom stereocenters. The first-order valence-corrected chi connectivity index (χ1v) is 19.3. The maximum atomic E-state index is 2.46. The minimum atomic E-state index is 0. The van der Waals surface area contributed by atoms with Crippen LogP contribution in [0.3, 0.4) is 0 Å². The fourth-order valence-corrected chi connectivity index (χ4v) is 7.08. The van der Waals surface area contributed by atoms with Crippen LogP contribution in [0.1, 0.15) is 181 Å². The van der Waals surface area contributed by atoms with E-state index in [2.05, 4.69) is 65.8 Å². The fraction of sp³-hybridized carbons (Fsp3) is 0.850. The van der Waals surface area contributed by atoms with Crippen LogP contribution in [0.5, 0.6) is 0 Å². The van der Waals surface area contributed by atoms with Crippen LogP contribution < -0.4 is 34.0 Å². The number of unbranched alkanes of at least 4 members (excludes halogenated alkanes) is 18. The molecule has 0 aliphatic rings. The molecule has 1 rings (SSSR count). The maximum Gasteiger partial charge on any atom is 0.104 e. The summed E-state index contributed by atoms with van der Waals surface area (Å²) in [6, 6.07) is 9.86. The van der Waals surface area contributed by atoms with Gasteiger partial charge in [0, 0.05) is 11.1 Å². The van der Waals surface area contributed by atoms with E-state index in [0.29, 0.717) is 0 Å². The molecule has 4 heteroatoms. The Balaban J connectivity index is 0. The number of hydrogen-bond donors (Lipinski definition) is 0. The molecule has 0 N–H and O–H groups in total. The SMILES string of the molecule is CCCCCCCCCCCC[N+](CC)(CC)Cc1ccc(C[N+](CC)(CC)CCCCCCCCCCCC)cc1.[Br-].[Br-]. The monoisotopic (exact) mass is 744 g/mol. The molecule has 1 aromatic rings. The van der Waals surface area contributed by atoms with Gasteiger partial charge in [-0.25, -0.2) is 0 Å². The predicted octanol–water partition coefficient (Wildman–Crippen LogP) is 6.25. The molecule has 0 spiro atoms. The van der Waals surface area contributed by atoms with Crippen molar-refractivity contribution in [3.05, 3.63) is 35.4 Å². The van der Waals surface area contributed by atoms with Gasteiger partial charge in [0.05, 0.1) is 39.3 Å². The molecule has 0 heterocycles. The summed E-state index contributed by atoms with van der Waals surface area (Å²) in [5, 5.41) is 0. The Morgan fingerprint density at radius 2 is 0.568 bits per heavy atom. The van der Waals surface area contributed by atoms with Crippen LogP contribution in [-0.4, -0.2) is 48.2 Å². The molecule has 44 heavy (non-hydrogen) atoms. The normalized spacial score (nSPS) is 11.8. The molecule has 0 aromatic heterocycles. The largest absolute Gasteiger partial charge is 1.00 e. The van der Waals surface area contributed by atoms with Crippen molar-refractivity contribution in [1.29, 1.82) is 0 Å². The minimum Gasteiger partial charge on any atom is -1.00 e. The number of quaternary nitrogens is 2. The van der Waals surface area contributed by atoms with Gasteiger partial charge >= 0.3 is 0 Å². The van der Waals surface area contributed by atoms with Gasteiger partial charge in [-0.3, -0.25) is 0 Å². The molecule has 0 radical (unpaired) electrons. The molecule has 262 valence electrons. The van der Waals surface area contributed by atoms with E-state index in [0.717, 1.165) is 0 Å². The summed E-state index contributed by atoms with van der Waals surface area (Å²) in [4.78, 5) is 0. The third kappa shape index (κ3) is 21.1. The average Bonchev–Trinajstić information content (AvgIpc) is 3.02. The van der Waals surface area contributed by atoms with Crippen LogP contribution in [0.15, 0.2) is 24.3 Å². The third-order valence-electron chi connectivity index (χ3n) is 10.7. The molecule has 1 aromatic carbocycles. The first-order valence-electron chi connectivity index (χ1n) is 19.3. The summed E-state index contributed by atoms with van der Waals surface area (Å²) < 4.78 is 2.50. The van der Waals surface area contributed by atoms with Gasteiger partial charge in [-0.05, 0) is 53.4 Å². The van der Waals surface area contributed by atoms with E-state index >= 15 is 0 Å². The lowest BCUT2D eigenvalue weighted by atomic mass is 10.0. The Bertz CT molecular complexity index is 652. The molecule has 0 aliphatic heterocycles. The van der Waals surface area contributed by atoms with Gasteiger partial charge in [-0.2, -0.15) is 0 Å². The van der Waals surface area contributed by atoms with Gasteiger partial charge in [0.1, 0.15) is 13.1 Å². The molecule has 0 bridgehead atoms. The summed E-state index contributed by atoms with van der Waals surface area (Å²) >= 11 is 0. The lowest BCUT2D eigenvalue weighted by molar-refractivity contribution is -0.938. The van der Waals surface area contributed by atoms with Crippen LogP contribution in [0.2, 0.25) is 0 Å². The molecule has 0 amide bonds. The highest BCUT2D eigenvalue weighted by molar-refractivity contribution is 5.21. The lowest BCUT2D eigenvalue weighted by Gasteiger charge is -2.38. The second-order valence-corrected chi connectivity index (χ2v) is 13.9. The summed E-state index contributed by atoms with van der Waals surface area (Å²) in [7, 11) is 0. The molecule has 0 fully saturated rings. The maximum absolute atomic E-state index is 2.46. The second-order valence-electron chi connectivity index (χ2n) is 13.9. The Morgan fingerprint density at radius 1 is 0.341 bits per heavy atom. The third-order valence-corrected chi connectivity index (χ3v) is 10.7. The van der Waals surface area contributed by atoms with Crippen LogP contribution >= 0.6 is 0 Å². The standard InChI is InChI=1S/C40H78N2.2BrH/c1-7-13-15-17-19-21-23-25-27-29-35-41(9-3,10-4)37-39-31-33-40(34-32-39)38-42(11-5,12-6)36-30-28-26-24-22-20-18-16-14-8-2;;/h31-34H,7-30,35-38H2,1-6H3;2*1H/q+2;;/p-2. The molecule has 0 saturated heterocycles. The van der Waals surface area contributed by atoms with Gasteiger partial charge in [-0.15, -0.1) is 0 Å². The summed E-state index contributed by atoms with van der Waals surface area (Å²) in [5.41, 5.74) is 3.07. The Morgan fingerprint density at radius 3 is 0.795 bits per heavy atom. The molecule has 2 nitrogen and oxygen atoms in total. The van der Waals surface area contributed by atoms with Crippen molar-refractivity contribution in [2.45, 2.75) is 183 Å². The molecular formula is C40H78Br2N2. The van der Waals surface area contributed by atoms with E-state index in [4.69, 9.17) is 0 Å². The van der Waals surface area contributed by atoms with Gasteiger partial charge < -0.3 is 42.9 Å². The molecule has 0 aliphatic carbocycles. The van der Waals surface area contributed by atoms with Crippen molar-refractivity contribution in [3.8, 4) is 0 Å². The van der Waals surface area contributed by atoms with E-state index in [1.165, 1.54) is 201 Å². The molecule has 0 saturated carbocycles. The Labute approximate surface area is 299 Å². The number of halogens is 2. The molecule has 0 atom stereocenters. The van der Waals surface area contributed by atoms with Crippen molar-refractivity contribution in [2.24, 2.45) is 0 Å². The van der Waals surface area contributed by atoms with Gasteiger partial charge in [-0.1, -0.05) is 141 Å². The quantitative estimate of drug-likeness (QED) is 0.0646. The summed E-state index contributed by atoms with van der Waals surface area (Å²) in [5.74, 6) is 0. The van der Waals surface area contributed by atoms with Crippen LogP contribution in [0.25, 0.3) is 0 Å². The van der Waals surface area contributed by atoms with E-state index in [1.807, 2.05) is 0 Å². The minimum absolute atomic E-state index is 0. The zero-order valence-corrected chi connectivity index (χ0v) is 33.9. The highest BCUT2D eigenvalue weighted by Gasteiger charge is 2.25. The highest BCUT2D eigenvalue weighted by atomic mass is 79.9. The van der Waals surface area contributed by atoms with Gasteiger partial charge in [0.15, 0.2) is 0 Å². The topological polar surface area (TPSA) is 0 Å². The van der Waals surface area contributed by atoms with Crippen LogP contribution in [0.4, 0.5) is 0 Å². The number of hydrogen-bond acceptors (Lipinski definition) is 0. The smallest absolute Gasteiger partial charge is 0.104 e. The zero-order chi connectivity index (χ0) is 30.8. The number of rotatable bonds is 30. The van der Waals surface area contributed by atoms with Crippen LogP contribution in [-0.2, 0) is 13.1 Å². The van der Waals surface area contributed by atoms with Crippen molar-refractivity contribution in [1.82, 2.24) is 0 Å². The second kappa shape index (κ2) is 30.4. The Kier molecular flexibility index (Phi) is 32.0. The van der Waals surface area contributed by atoms with Gasteiger partial charge in [0.2, 0.25) is 0 Å². The lowest BCUT2D eigenvalue weighted by Crippen LogP contribution is -3.00. The van der Waals surface area contributed by atoms with Crippen molar-refractivity contribution < 1.29 is 42.9 Å². The number of nitrogens with zero attached hydrogens (tertiary/aromatic N) is 2. The van der Waals surface area contributed by atoms with E-state index < -0.39 is 0 Å². The predicted molar refractivity (Wildman–Crippen MR) is 190 cm³/mol. The van der Waals surface area contributed by atoms with Crippen molar-refractivity contribution in [3.63, 3.8) is 0 Å². The summed E-state index contributed by atoms with van der Waals surface area (Å²) in [6.45, 7) is 24.4. The van der Waals surface area contributed by atoms with Crippen molar-refractivity contribution >= 4 is 0 Å². The number of benzene rings is 1. The summed E-state index contributed by atoms with van der Waals surface area (Å²) in [6.07, 6.45) is 28.5. The van der Waals surface area contributed by atoms with Gasteiger partial charge in [0.25, 0.3) is 0 Å². The molecular weight excluding hydrogens is 668 g/mol. The zero-order valence-electron chi connectivity index (χ0n) is 30.8. The average molecular weight is 747 g/mol. The van der Waals surface area contributed by atoms with E-state index in [-0.39, 0.29) is 34.0 Å². The van der Waals surface area contributed by atoms with Crippen molar-refractivity contribution in [2.75, 3.05) is 39.3 Å². The fourth-order valence-electron chi connectivity index (χ4n) is 7.08. The van der Waals surface area contributed by atoms with E-state index in [1.54, 1.807) is 0 Å². The first kappa shape index (κ1) is 46.2. The first-order chi connectivity index (χ1) is 20.5. The Hall–Kier alpha value is 0.1000. The van der Waals surface area contributed by atoms with E-state index in [9.17, 15) is 0 Å². The van der Waals surface area contributed by atoms with Crippen LogP contribution in [0, 0.1) is 0 Å².